The van der Waals surface area contributed by atoms with Gasteiger partial charge in [-0.15, -0.1) is 0 Å². The van der Waals surface area contributed by atoms with Crippen LogP contribution in [0.4, 0.5) is 0 Å². The number of pyridine rings is 8. The summed E-state index contributed by atoms with van der Waals surface area (Å²) in [4.78, 5) is 52.8. The zero-order valence-corrected chi connectivity index (χ0v) is 28.5. The lowest BCUT2D eigenvalue weighted by Gasteiger charge is -2.10. The molecule has 0 aliphatic heterocycles. The Labute approximate surface area is 309 Å². The quantitative estimate of drug-likeness (QED) is 0.151. The maximum atomic E-state index is 4.98. The number of hydrogen-bond donors (Lipinski definition) is 0. The maximum Gasteiger partial charge on any atom is 0.182 e. The van der Waals surface area contributed by atoms with Gasteiger partial charge in [0.2, 0.25) is 0 Å². The van der Waals surface area contributed by atoms with E-state index in [2.05, 4.69) is 15.0 Å². The highest BCUT2D eigenvalue weighted by molar-refractivity contribution is 5.69. The Balaban J connectivity index is 1.15. The SMILES string of the molecule is c1ccc(-c2cccc(-c3cccc(-c4nc(-c5cccc(-c6ccccn6)n5)nc(-c5cccc(-c6cccc(-c7ccccn7)n6)n5)n4)n3)n2)nc1. The highest BCUT2D eigenvalue weighted by atomic mass is 15.1. The largest absolute Gasteiger partial charge is 0.255 e. The minimum atomic E-state index is 0.352. The predicted octanol–water partition coefficient (Wildman–Crippen LogP) is 8.37. The van der Waals surface area contributed by atoms with E-state index in [0.717, 1.165) is 28.5 Å². The highest BCUT2D eigenvalue weighted by Crippen LogP contribution is 2.28. The van der Waals surface area contributed by atoms with Crippen LogP contribution in [0, 0.1) is 0 Å². The van der Waals surface area contributed by atoms with Crippen LogP contribution in [0.2, 0.25) is 0 Å². The van der Waals surface area contributed by atoms with Gasteiger partial charge >= 0.3 is 0 Å². The van der Waals surface area contributed by atoms with Gasteiger partial charge in [0.25, 0.3) is 0 Å². The summed E-state index contributed by atoms with van der Waals surface area (Å²) in [5, 5.41) is 0. The lowest BCUT2D eigenvalue weighted by atomic mass is 10.2. The van der Waals surface area contributed by atoms with Crippen molar-refractivity contribution in [2.24, 2.45) is 0 Å². The molecule has 9 heterocycles. The molecule has 0 saturated carbocycles. The monoisotopic (exact) mass is 697 g/mol. The van der Waals surface area contributed by atoms with Crippen molar-refractivity contribution >= 4 is 0 Å². The summed E-state index contributed by atoms with van der Waals surface area (Å²) in [7, 11) is 0. The number of hydrogen-bond acceptors (Lipinski definition) is 11. The second-order valence-corrected chi connectivity index (χ2v) is 12.0. The minimum Gasteiger partial charge on any atom is -0.255 e. The van der Waals surface area contributed by atoms with E-state index in [9.17, 15) is 0 Å². The number of nitrogens with zero attached hydrogens (tertiary/aromatic N) is 11. The molecule has 0 bridgehead atoms. The van der Waals surface area contributed by atoms with Gasteiger partial charge in [0.1, 0.15) is 17.1 Å². The summed E-state index contributed by atoms with van der Waals surface area (Å²) in [5.41, 5.74) is 8.76. The molecule has 9 rings (SSSR count). The van der Waals surface area contributed by atoms with Crippen molar-refractivity contribution < 1.29 is 0 Å². The Hall–Kier alpha value is -7.79. The summed E-state index contributed by atoms with van der Waals surface area (Å²) < 4.78 is 0. The first-order chi connectivity index (χ1) is 26.7. The molecule has 11 nitrogen and oxygen atoms in total. The smallest absolute Gasteiger partial charge is 0.182 e. The first-order valence-corrected chi connectivity index (χ1v) is 17.1. The van der Waals surface area contributed by atoms with Crippen molar-refractivity contribution in [2.75, 3.05) is 0 Å². The molecule has 0 atom stereocenters. The van der Waals surface area contributed by atoms with Crippen molar-refractivity contribution in [3.05, 3.63) is 164 Å². The molecule has 0 N–H and O–H groups in total. The van der Waals surface area contributed by atoms with Crippen LogP contribution in [0.1, 0.15) is 0 Å². The molecule has 0 amide bonds. The second kappa shape index (κ2) is 14.4. The van der Waals surface area contributed by atoms with Gasteiger partial charge in [0.05, 0.1) is 56.9 Å². The van der Waals surface area contributed by atoms with Gasteiger partial charge < -0.3 is 0 Å². The van der Waals surface area contributed by atoms with Crippen LogP contribution in [-0.4, -0.2) is 54.8 Å². The van der Waals surface area contributed by atoms with Crippen molar-refractivity contribution in [1.82, 2.24) is 54.8 Å². The van der Waals surface area contributed by atoms with Crippen molar-refractivity contribution in [2.45, 2.75) is 0 Å². The zero-order valence-electron chi connectivity index (χ0n) is 28.5. The standard InChI is InChI=1S/C43H27N11/c1-4-25-44-28(12-1)31-15-7-18-34(47-31)36-20-10-23-39(50-36)42-52-41(38-22-9-17-33(49-38)30-14-3-6-27-46-30)53-43(54-42)40-24-11-21-37(51-40)35-19-8-16-32(48-35)29-13-2-5-26-45-29/h1-27H. The molecule has 0 radical (unpaired) electrons. The third-order valence-electron chi connectivity index (χ3n) is 8.38. The van der Waals surface area contributed by atoms with Crippen molar-refractivity contribution in [3.8, 4) is 91.5 Å². The number of rotatable bonds is 8. The van der Waals surface area contributed by atoms with E-state index >= 15 is 0 Å². The van der Waals surface area contributed by atoms with E-state index in [1.165, 1.54) is 0 Å². The normalized spacial score (nSPS) is 11.0. The van der Waals surface area contributed by atoms with E-state index in [1.807, 2.05) is 146 Å². The molecule has 0 fully saturated rings. The summed E-state index contributed by atoms with van der Waals surface area (Å²) >= 11 is 0. The highest BCUT2D eigenvalue weighted by Gasteiger charge is 2.17. The Kier molecular flexibility index (Phi) is 8.60. The van der Waals surface area contributed by atoms with Gasteiger partial charge in [-0.25, -0.2) is 39.9 Å². The second-order valence-electron chi connectivity index (χ2n) is 12.0. The molecule has 254 valence electrons. The molecular formula is C43H27N11. The van der Waals surface area contributed by atoms with E-state index in [0.29, 0.717) is 63.0 Å². The average Bonchev–Trinajstić information content (AvgIpc) is 3.27. The van der Waals surface area contributed by atoms with E-state index in [-0.39, 0.29) is 0 Å². The molecule has 9 aromatic rings. The van der Waals surface area contributed by atoms with Crippen LogP contribution >= 0.6 is 0 Å². The van der Waals surface area contributed by atoms with Crippen LogP contribution in [-0.2, 0) is 0 Å². The lowest BCUT2D eigenvalue weighted by molar-refractivity contribution is 1.03. The Morgan fingerprint density at radius 1 is 0.185 bits per heavy atom. The summed E-state index contributed by atoms with van der Waals surface area (Å²) in [5.74, 6) is 1.06. The molecule has 0 aromatic carbocycles. The van der Waals surface area contributed by atoms with Gasteiger partial charge in [-0.2, -0.15) is 0 Å². The van der Waals surface area contributed by atoms with Gasteiger partial charge in [-0.1, -0.05) is 48.5 Å². The van der Waals surface area contributed by atoms with Gasteiger partial charge in [0, 0.05) is 18.6 Å². The third kappa shape index (κ3) is 6.80. The molecule has 9 aromatic heterocycles. The molecule has 54 heavy (non-hydrogen) atoms. The van der Waals surface area contributed by atoms with Crippen molar-refractivity contribution in [3.63, 3.8) is 0 Å². The molecular weight excluding hydrogens is 671 g/mol. The molecule has 0 spiro atoms. The Morgan fingerprint density at radius 3 is 0.667 bits per heavy atom. The first-order valence-electron chi connectivity index (χ1n) is 17.1. The fourth-order valence-electron chi connectivity index (χ4n) is 5.81. The van der Waals surface area contributed by atoms with Crippen LogP contribution in [0.15, 0.2) is 164 Å². The van der Waals surface area contributed by atoms with Gasteiger partial charge in [-0.05, 0) is 97.1 Å². The van der Waals surface area contributed by atoms with E-state index in [4.69, 9.17) is 39.9 Å². The molecule has 0 unspecified atom stereocenters. The summed E-state index contributed by atoms with van der Waals surface area (Å²) in [6.45, 7) is 0. The first kappa shape index (κ1) is 32.1. The maximum absolute atomic E-state index is 4.98. The van der Waals surface area contributed by atoms with Crippen LogP contribution in [0.5, 0.6) is 0 Å². The number of aromatic nitrogens is 11. The van der Waals surface area contributed by atoms with E-state index in [1.54, 1.807) is 18.6 Å². The fourth-order valence-corrected chi connectivity index (χ4v) is 5.81. The average molecular weight is 698 g/mol. The lowest BCUT2D eigenvalue weighted by Crippen LogP contribution is -2.04. The third-order valence-corrected chi connectivity index (χ3v) is 8.38. The van der Waals surface area contributed by atoms with Crippen molar-refractivity contribution in [1.29, 1.82) is 0 Å². The predicted molar refractivity (Wildman–Crippen MR) is 206 cm³/mol. The fraction of sp³-hybridized carbons (Fsp3) is 0. The van der Waals surface area contributed by atoms with Gasteiger partial charge in [-0.3, -0.25) is 15.0 Å². The Morgan fingerprint density at radius 2 is 0.407 bits per heavy atom. The molecule has 11 heteroatoms. The van der Waals surface area contributed by atoms with Gasteiger partial charge in [0.15, 0.2) is 17.5 Å². The topological polar surface area (TPSA) is 142 Å². The van der Waals surface area contributed by atoms with E-state index < -0.39 is 0 Å². The van der Waals surface area contributed by atoms with Crippen LogP contribution < -0.4 is 0 Å². The molecule has 0 aliphatic carbocycles. The molecule has 0 aliphatic rings. The Bertz CT molecular complexity index is 2580. The summed E-state index contributed by atoms with van der Waals surface area (Å²) in [6.07, 6.45) is 5.24. The molecule has 0 saturated heterocycles. The zero-order chi connectivity index (χ0) is 36.1. The summed E-state index contributed by atoms with van der Waals surface area (Å²) in [6, 6.07) is 45.8. The minimum absolute atomic E-state index is 0.352. The van der Waals surface area contributed by atoms with Crippen LogP contribution in [0.3, 0.4) is 0 Å². The van der Waals surface area contributed by atoms with Crippen LogP contribution in [0.25, 0.3) is 91.5 Å².